The molecule has 0 bridgehead atoms. The van der Waals surface area contributed by atoms with Gasteiger partial charge in [0.25, 0.3) is 0 Å². The van der Waals surface area contributed by atoms with E-state index in [4.69, 9.17) is 0 Å². The molecule has 9 heavy (non-hydrogen) atoms. The maximum atomic E-state index is 3.43. The predicted octanol–water partition coefficient (Wildman–Crippen LogP) is 3.07. The third kappa shape index (κ3) is 1.98. The maximum Gasteiger partial charge on any atom is 0.0137 e. The van der Waals surface area contributed by atoms with Crippen molar-refractivity contribution in [3.8, 4) is 0 Å². The summed E-state index contributed by atoms with van der Waals surface area (Å²) in [5, 5.41) is 0. The smallest absolute Gasteiger partial charge is 0.0137 e. The van der Waals surface area contributed by atoms with E-state index in [-0.39, 0.29) is 0 Å². The van der Waals surface area contributed by atoms with Gasteiger partial charge in [-0.25, -0.2) is 0 Å². The Bertz CT molecular complexity index is 165. The van der Waals surface area contributed by atoms with Gasteiger partial charge in [-0.2, -0.15) is 0 Å². The second-order valence-corrected chi connectivity index (χ2v) is 3.38. The molecule has 1 radical (unpaired) electrons. The van der Waals surface area contributed by atoms with Gasteiger partial charge in [-0.3, -0.25) is 0 Å². The highest BCUT2D eigenvalue weighted by Gasteiger charge is 2.05. The topological polar surface area (TPSA) is 0 Å². The van der Waals surface area contributed by atoms with Crippen LogP contribution in [0.15, 0.2) is 22.2 Å². The Balaban J connectivity index is 2.74. The van der Waals surface area contributed by atoms with E-state index in [9.17, 15) is 0 Å². The Kier molecular flexibility index (Phi) is 2.12. The van der Waals surface area contributed by atoms with Crippen LogP contribution in [0.4, 0.5) is 0 Å². The molecule has 49 valence electrons. The van der Waals surface area contributed by atoms with Crippen molar-refractivity contribution < 1.29 is 0 Å². The van der Waals surface area contributed by atoms with Gasteiger partial charge in [-0.05, 0) is 25.3 Å². The van der Waals surface area contributed by atoms with Crippen molar-refractivity contribution in [3.63, 3.8) is 0 Å². The molecule has 0 nitrogen and oxygen atoms in total. The van der Waals surface area contributed by atoms with E-state index < -0.39 is 0 Å². The molecule has 1 rings (SSSR count). The summed E-state index contributed by atoms with van der Waals surface area (Å²) < 4.78 is 1.20. The first kappa shape index (κ1) is 7.07. The first-order valence-corrected chi connectivity index (χ1v) is 3.88. The monoisotopic (exact) mass is 185 g/mol. The summed E-state index contributed by atoms with van der Waals surface area (Å²) in [6.45, 7) is 4.29. The van der Waals surface area contributed by atoms with Crippen molar-refractivity contribution >= 4 is 15.9 Å². The number of hydrogen-bond acceptors (Lipinski definition) is 0. The molecule has 0 N–H and O–H groups in total. The molecule has 0 amide bonds. The quantitative estimate of drug-likeness (QED) is 0.545. The molecule has 1 aliphatic rings. The summed E-state index contributed by atoms with van der Waals surface area (Å²) in [5.41, 5.74) is 1.34. The lowest BCUT2D eigenvalue weighted by Gasteiger charge is -2.11. The highest BCUT2D eigenvalue weighted by molar-refractivity contribution is 9.11. The second-order valence-electron chi connectivity index (χ2n) is 2.47. The fourth-order valence-corrected chi connectivity index (χ4v) is 1.81. The van der Waals surface area contributed by atoms with Crippen molar-refractivity contribution in [2.45, 2.75) is 13.8 Å². The summed E-state index contributed by atoms with van der Waals surface area (Å²) in [5.74, 6) is 0.587. The molecular formula is C8H10Br. The molecule has 0 aromatic rings. The highest BCUT2D eigenvalue weighted by atomic mass is 79.9. The summed E-state index contributed by atoms with van der Waals surface area (Å²) in [6, 6.07) is 0. The summed E-state index contributed by atoms with van der Waals surface area (Å²) in [7, 11) is 0. The van der Waals surface area contributed by atoms with Crippen LogP contribution >= 0.6 is 15.9 Å². The lowest BCUT2D eigenvalue weighted by atomic mass is 9.97. The predicted molar refractivity (Wildman–Crippen MR) is 44.2 cm³/mol. The fraction of sp³-hybridized carbons (Fsp3) is 0.375. The zero-order chi connectivity index (χ0) is 6.85. The Labute approximate surface area is 64.8 Å². The van der Waals surface area contributed by atoms with Gasteiger partial charge in [-0.15, -0.1) is 0 Å². The number of allylic oxidation sites excluding steroid dienone is 4. The van der Waals surface area contributed by atoms with Crippen LogP contribution in [0.5, 0.6) is 0 Å². The van der Waals surface area contributed by atoms with E-state index in [1.54, 1.807) is 0 Å². The van der Waals surface area contributed by atoms with E-state index in [2.05, 4.69) is 48.4 Å². The first-order valence-electron chi connectivity index (χ1n) is 3.09. The van der Waals surface area contributed by atoms with Crippen LogP contribution in [0.3, 0.4) is 0 Å². The van der Waals surface area contributed by atoms with Gasteiger partial charge in [0.2, 0.25) is 0 Å². The minimum atomic E-state index is 0.587. The second kappa shape index (κ2) is 2.70. The van der Waals surface area contributed by atoms with E-state index in [0.717, 1.165) is 0 Å². The lowest BCUT2D eigenvalue weighted by Crippen LogP contribution is -1.97. The van der Waals surface area contributed by atoms with Crippen LogP contribution < -0.4 is 0 Å². The Morgan fingerprint density at radius 3 is 2.67 bits per heavy atom. The molecule has 1 unspecified atom stereocenters. The SMILES string of the molecule is CC1=CC(Br)=CC(C)[CH]1. The van der Waals surface area contributed by atoms with Crippen molar-refractivity contribution in [3.05, 3.63) is 28.6 Å². The van der Waals surface area contributed by atoms with Crippen LogP contribution in [0.2, 0.25) is 0 Å². The molecule has 1 aliphatic carbocycles. The number of rotatable bonds is 0. The third-order valence-electron chi connectivity index (χ3n) is 1.31. The molecule has 1 heteroatoms. The van der Waals surface area contributed by atoms with Crippen LogP contribution in [-0.2, 0) is 0 Å². The molecular weight excluding hydrogens is 176 g/mol. The molecule has 0 fully saturated rings. The van der Waals surface area contributed by atoms with Crippen LogP contribution in [0.25, 0.3) is 0 Å². The van der Waals surface area contributed by atoms with Crippen LogP contribution in [0, 0.1) is 12.3 Å². The lowest BCUT2D eigenvalue weighted by molar-refractivity contribution is 0.853. The molecule has 0 aromatic heterocycles. The van der Waals surface area contributed by atoms with Crippen molar-refractivity contribution in [2.75, 3.05) is 0 Å². The standard InChI is InChI=1S/C8H10Br/c1-6-3-7(2)5-8(9)4-6/h3-6H,1-2H3. The maximum absolute atomic E-state index is 3.43. The zero-order valence-corrected chi connectivity index (χ0v) is 7.27. The minimum absolute atomic E-state index is 0.587. The van der Waals surface area contributed by atoms with Gasteiger partial charge < -0.3 is 0 Å². The number of halogens is 1. The number of hydrogen-bond donors (Lipinski definition) is 0. The summed E-state index contributed by atoms with van der Waals surface area (Å²) in [6.07, 6.45) is 6.55. The Hall–Kier alpha value is -0.0400. The normalized spacial score (nSPS) is 27.2. The molecule has 0 heterocycles. The van der Waals surface area contributed by atoms with Gasteiger partial charge in [0.1, 0.15) is 0 Å². The van der Waals surface area contributed by atoms with Gasteiger partial charge in [0, 0.05) is 4.48 Å². The minimum Gasteiger partial charge on any atom is -0.0679 e. The van der Waals surface area contributed by atoms with Gasteiger partial charge in [0.15, 0.2) is 0 Å². The van der Waals surface area contributed by atoms with Gasteiger partial charge in [-0.1, -0.05) is 34.5 Å². The summed E-state index contributed by atoms with van der Waals surface area (Å²) >= 11 is 3.43. The van der Waals surface area contributed by atoms with E-state index in [0.29, 0.717) is 5.92 Å². The molecule has 0 saturated heterocycles. The fourth-order valence-electron chi connectivity index (χ4n) is 1.03. The Morgan fingerprint density at radius 2 is 2.22 bits per heavy atom. The van der Waals surface area contributed by atoms with E-state index >= 15 is 0 Å². The van der Waals surface area contributed by atoms with Gasteiger partial charge >= 0.3 is 0 Å². The van der Waals surface area contributed by atoms with Crippen LogP contribution in [0.1, 0.15) is 13.8 Å². The average Bonchev–Trinajstić information content (AvgIpc) is 1.59. The van der Waals surface area contributed by atoms with Crippen molar-refractivity contribution in [1.29, 1.82) is 0 Å². The van der Waals surface area contributed by atoms with Crippen LogP contribution in [-0.4, -0.2) is 0 Å². The van der Waals surface area contributed by atoms with Crippen molar-refractivity contribution in [2.24, 2.45) is 5.92 Å². The highest BCUT2D eigenvalue weighted by Crippen LogP contribution is 2.23. The van der Waals surface area contributed by atoms with Gasteiger partial charge in [0.05, 0.1) is 0 Å². The Morgan fingerprint density at radius 1 is 1.56 bits per heavy atom. The molecule has 0 spiro atoms. The van der Waals surface area contributed by atoms with E-state index in [1.807, 2.05) is 0 Å². The summed E-state index contributed by atoms with van der Waals surface area (Å²) in [4.78, 5) is 0. The van der Waals surface area contributed by atoms with E-state index in [1.165, 1.54) is 10.1 Å². The average molecular weight is 186 g/mol. The van der Waals surface area contributed by atoms with Crippen molar-refractivity contribution in [1.82, 2.24) is 0 Å². The first-order chi connectivity index (χ1) is 4.18. The molecule has 0 aliphatic heterocycles. The largest absolute Gasteiger partial charge is 0.0679 e. The zero-order valence-electron chi connectivity index (χ0n) is 5.69. The molecule has 0 aromatic carbocycles. The molecule has 1 atom stereocenters. The molecule has 0 saturated carbocycles. The third-order valence-corrected chi connectivity index (χ3v) is 1.81.